The molecule has 0 N–H and O–H groups in total. The number of halogens is 7. The van der Waals surface area contributed by atoms with Gasteiger partial charge in [-0.05, 0) is 36.8 Å². The first-order chi connectivity index (χ1) is 14.7. The molecule has 0 radical (unpaired) electrons. The maximum Gasteiger partial charge on any atom is 0.573 e. The van der Waals surface area contributed by atoms with Crippen molar-refractivity contribution in [2.75, 3.05) is 6.26 Å². The molecule has 5 nitrogen and oxygen atoms in total. The van der Waals surface area contributed by atoms with E-state index in [1.54, 1.807) is 0 Å². The summed E-state index contributed by atoms with van der Waals surface area (Å²) in [6.45, 7) is 1.31. The lowest BCUT2D eigenvalue weighted by molar-refractivity contribution is -0.274. The molecule has 32 heavy (non-hydrogen) atoms. The topological polar surface area (TPSA) is 61.2 Å². The van der Waals surface area contributed by atoms with Gasteiger partial charge in [0.25, 0.3) is 6.43 Å². The van der Waals surface area contributed by atoms with Crippen LogP contribution in [0, 0.1) is 18.6 Å². The molecule has 0 atom stereocenters. The van der Waals surface area contributed by atoms with Crippen LogP contribution >= 0.6 is 0 Å². The second kappa shape index (κ2) is 8.11. The van der Waals surface area contributed by atoms with Crippen LogP contribution < -0.4 is 4.74 Å². The molecule has 2 aromatic carbocycles. The number of hydrogen-bond acceptors (Lipinski definition) is 4. The molecule has 0 saturated carbocycles. The Bertz CT molecular complexity index is 1260. The van der Waals surface area contributed by atoms with Crippen LogP contribution in [0.3, 0.4) is 0 Å². The van der Waals surface area contributed by atoms with Crippen molar-refractivity contribution in [1.82, 2.24) is 9.78 Å². The van der Waals surface area contributed by atoms with Crippen LogP contribution in [-0.2, 0) is 9.84 Å². The van der Waals surface area contributed by atoms with E-state index in [4.69, 9.17) is 0 Å². The average molecular weight is 482 g/mol. The molecule has 1 aromatic heterocycles. The summed E-state index contributed by atoms with van der Waals surface area (Å²) in [7, 11) is -4.28. The summed E-state index contributed by atoms with van der Waals surface area (Å²) in [5.74, 6) is -3.59. The Morgan fingerprint density at radius 3 is 2.12 bits per heavy atom. The van der Waals surface area contributed by atoms with Gasteiger partial charge in [-0.25, -0.2) is 30.7 Å². The third-order valence-corrected chi connectivity index (χ3v) is 5.39. The summed E-state index contributed by atoms with van der Waals surface area (Å²) in [4.78, 5) is -1.21. The second-order valence-electron chi connectivity index (χ2n) is 6.71. The predicted molar refractivity (Wildman–Crippen MR) is 98.4 cm³/mol. The van der Waals surface area contributed by atoms with Gasteiger partial charge in [0.15, 0.2) is 9.84 Å². The first-order valence-electron chi connectivity index (χ1n) is 8.61. The van der Waals surface area contributed by atoms with Crippen LogP contribution in [0.15, 0.2) is 41.3 Å². The van der Waals surface area contributed by atoms with Gasteiger partial charge in [0, 0.05) is 17.9 Å². The number of rotatable bonds is 5. The first kappa shape index (κ1) is 23.6. The quantitative estimate of drug-likeness (QED) is 0.459. The van der Waals surface area contributed by atoms with Crippen LogP contribution in [0.4, 0.5) is 30.7 Å². The zero-order valence-electron chi connectivity index (χ0n) is 16.2. The van der Waals surface area contributed by atoms with Gasteiger partial charge in [0.05, 0.1) is 11.4 Å². The zero-order chi connectivity index (χ0) is 24.0. The van der Waals surface area contributed by atoms with Gasteiger partial charge >= 0.3 is 6.36 Å². The molecule has 1 heterocycles. The van der Waals surface area contributed by atoms with Gasteiger partial charge in [-0.3, -0.25) is 0 Å². The molecule has 3 aromatic rings. The van der Waals surface area contributed by atoms with Crippen molar-refractivity contribution < 1.29 is 43.9 Å². The van der Waals surface area contributed by atoms with Crippen LogP contribution in [-0.4, -0.2) is 30.8 Å². The maximum atomic E-state index is 14.4. The third kappa shape index (κ3) is 4.87. The molecule has 0 spiro atoms. The second-order valence-corrected chi connectivity index (χ2v) is 8.66. The van der Waals surface area contributed by atoms with Crippen molar-refractivity contribution in [3.8, 4) is 22.7 Å². The van der Waals surface area contributed by atoms with E-state index < -0.39 is 50.6 Å². The zero-order valence-corrected chi connectivity index (χ0v) is 17.0. The summed E-state index contributed by atoms with van der Waals surface area (Å²) in [6.07, 6.45) is -7.56. The average Bonchev–Trinajstić information content (AvgIpc) is 3.06. The Kier molecular flexibility index (Phi) is 5.98. The molecule has 0 aliphatic heterocycles. The minimum Gasteiger partial charge on any atom is -0.405 e. The van der Waals surface area contributed by atoms with E-state index in [-0.39, 0.29) is 22.5 Å². The van der Waals surface area contributed by atoms with E-state index in [0.717, 1.165) is 16.8 Å². The van der Waals surface area contributed by atoms with Gasteiger partial charge in [-0.15, -0.1) is 13.2 Å². The fourth-order valence-corrected chi connectivity index (χ4v) is 3.75. The SMILES string of the molecule is Cc1ccc(-n2nc(C(F)F)cc2-c2cc(F)c(S(C)(=O)=O)c(F)c2)cc1OC(F)(F)F. The molecule has 0 bridgehead atoms. The summed E-state index contributed by atoms with van der Waals surface area (Å²) < 4.78 is 121. The normalized spacial score (nSPS) is 12.4. The highest BCUT2D eigenvalue weighted by molar-refractivity contribution is 7.90. The third-order valence-electron chi connectivity index (χ3n) is 4.26. The van der Waals surface area contributed by atoms with Crippen molar-refractivity contribution in [3.63, 3.8) is 0 Å². The Labute approximate surface area is 177 Å². The molecular formula is C19H13F7N2O3S. The smallest absolute Gasteiger partial charge is 0.405 e. The monoisotopic (exact) mass is 482 g/mol. The summed E-state index contributed by atoms with van der Waals surface area (Å²) in [6, 6.07) is 5.29. The summed E-state index contributed by atoms with van der Waals surface area (Å²) in [5.41, 5.74) is -1.62. The van der Waals surface area contributed by atoms with E-state index in [1.165, 1.54) is 19.1 Å². The van der Waals surface area contributed by atoms with E-state index in [1.807, 2.05) is 0 Å². The van der Waals surface area contributed by atoms with Gasteiger partial charge in [0.1, 0.15) is 28.0 Å². The predicted octanol–water partition coefficient (Wildman–Crippen LogP) is 5.37. The maximum absolute atomic E-state index is 14.4. The fourth-order valence-electron chi connectivity index (χ4n) is 2.93. The van der Waals surface area contributed by atoms with Crippen LogP contribution in [0.5, 0.6) is 5.75 Å². The number of aromatic nitrogens is 2. The van der Waals surface area contributed by atoms with Crippen molar-refractivity contribution in [1.29, 1.82) is 0 Å². The number of ether oxygens (including phenoxy) is 1. The van der Waals surface area contributed by atoms with Crippen molar-refractivity contribution in [3.05, 3.63) is 59.3 Å². The van der Waals surface area contributed by atoms with Crippen molar-refractivity contribution in [2.45, 2.75) is 24.6 Å². The molecule has 0 aliphatic rings. The molecule has 0 saturated heterocycles. The summed E-state index contributed by atoms with van der Waals surface area (Å²) in [5, 5.41) is 3.62. The van der Waals surface area contributed by atoms with Crippen LogP contribution in [0.2, 0.25) is 0 Å². The van der Waals surface area contributed by atoms with Gasteiger partial charge < -0.3 is 4.74 Å². The van der Waals surface area contributed by atoms with Crippen molar-refractivity contribution >= 4 is 9.84 Å². The lowest BCUT2D eigenvalue weighted by Crippen LogP contribution is -2.18. The molecule has 3 rings (SSSR count). The standard InChI is InChI=1S/C19H13F7N2O3S/c1-9-3-4-11(7-16(9)31-19(24,25)26)28-15(8-14(27-28)18(22)23)10-5-12(20)17(13(21)6-10)32(2,29)30/h3-8,18H,1-2H3. The van der Waals surface area contributed by atoms with E-state index >= 15 is 0 Å². The van der Waals surface area contributed by atoms with E-state index in [2.05, 4.69) is 9.84 Å². The number of nitrogens with zero attached hydrogens (tertiary/aromatic N) is 2. The van der Waals surface area contributed by atoms with Gasteiger partial charge in [-0.2, -0.15) is 5.10 Å². The molecular weight excluding hydrogens is 469 g/mol. The number of benzene rings is 2. The van der Waals surface area contributed by atoms with E-state index in [9.17, 15) is 39.2 Å². The number of sulfone groups is 1. The summed E-state index contributed by atoms with van der Waals surface area (Å²) >= 11 is 0. The molecule has 0 unspecified atom stereocenters. The minimum absolute atomic E-state index is 0.0726. The van der Waals surface area contributed by atoms with Crippen LogP contribution in [0.25, 0.3) is 16.9 Å². The highest BCUT2D eigenvalue weighted by Crippen LogP contribution is 2.34. The van der Waals surface area contributed by atoms with E-state index in [0.29, 0.717) is 18.4 Å². The number of aryl methyl sites for hydroxylation is 1. The molecule has 172 valence electrons. The highest BCUT2D eigenvalue weighted by Gasteiger charge is 2.32. The minimum atomic E-state index is -5.03. The Hall–Kier alpha value is -3.09. The Balaban J connectivity index is 2.22. The fraction of sp³-hybridized carbons (Fsp3) is 0.211. The lowest BCUT2D eigenvalue weighted by Gasteiger charge is -2.14. The highest BCUT2D eigenvalue weighted by atomic mass is 32.2. The largest absolute Gasteiger partial charge is 0.573 e. The molecule has 13 heteroatoms. The Morgan fingerprint density at radius 2 is 1.62 bits per heavy atom. The molecule has 0 aliphatic carbocycles. The molecule has 0 amide bonds. The van der Waals surface area contributed by atoms with Crippen LogP contribution in [0.1, 0.15) is 17.7 Å². The first-order valence-corrected chi connectivity index (χ1v) is 10.5. The molecule has 0 fully saturated rings. The Morgan fingerprint density at radius 1 is 1.03 bits per heavy atom. The van der Waals surface area contributed by atoms with Gasteiger partial charge in [0.2, 0.25) is 0 Å². The number of hydrogen-bond donors (Lipinski definition) is 0. The van der Waals surface area contributed by atoms with Gasteiger partial charge in [-0.1, -0.05) is 6.07 Å². The van der Waals surface area contributed by atoms with Crippen molar-refractivity contribution in [2.24, 2.45) is 0 Å². The lowest BCUT2D eigenvalue weighted by atomic mass is 10.1. The number of alkyl halides is 5.